The smallest absolute Gasteiger partial charge is 0.319 e. The predicted molar refractivity (Wildman–Crippen MR) is 63.0 cm³/mol. The second kappa shape index (κ2) is 3.73. The summed E-state index contributed by atoms with van der Waals surface area (Å²) in [5, 5.41) is 3.42. The van der Waals surface area contributed by atoms with Gasteiger partial charge in [-0.25, -0.2) is 0 Å². The van der Waals surface area contributed by atoms with Gasteiger partial charge in [-0.15, -0.1) is 0 Å². The van der Waals surface area contributed by atoms with Crippen LogP contribution in [0, 0.1) is 16.7 Å². The van der Waals surface area contributed by atoms with Gasteiger partial charge in [0.2, 0.25) is 0 Å². The largest absolute Gasteiger partial charge is 0.468 e. The summed E-state index contributed by atoms with van der Waals surface area (Å²) in [4.78, 5) is 11.2. The lowest BCUT2D eigenvalue weighted by molar-refractivity contribution is -0.140. The van der Waals surface area contributed by atoms with Gasteiger partial charge in [0.05, 0.1) is 13.7 Å². The van der Waals surface area contributed by atoms with Gasteiger partial charge in [-0.3, -0.25) is 4.79 Å². The minimum atomic E-state index is -0.165. The van der Waals surface area contributed by atoms with Crippen LogP contribution in [0.15, 0.2) is 0 Å². The van der Waals surface area contributed by atoms with E-state index in [0.717, 1.165) is 5.92 Å². The fraction of sp³-hybridized carbons (Fsp3) is 0.923. The fourth-order valence-electron chi connectivity index (χ4n) is 4.07. The van der Waals surface area contributed by atoms with Crippen LogP contribution in [0.5, 0.6) is 0 Å². The lowest BCUT2D eigenvalue weighted by atomic mass is 9.68. The van der Waals surface area contributed by atoms with E-state index < -0.39 is 0 Å². The minimum Gasteiger partial charge on any atom is -0.468 e. The molecular formula is C13H23NO2. The third-order valence-corrected chi connectivity index (χ3v) is 4.95. The zero-order valence-electron chi connectivity index (χ0n) is 10.8. The number of hydrogen-bond donors (Lipinski definition) is 1. The molecule has 0 heterocycles. The number of rotatable bonds is 3. The third kappa shape index (κ3) is 1.65. The minimum absolute atomic E-state index is 0.165. The van der Waals surface area contributed by atoms with E-state index in [2.05, 4.69) is 30.8 Å². The normalized spacial score (nSPS) is 40.0. The Hall–Kier alpha value is -0.570. The highest BCUT2D eigenvalue weighted by molar-refractivity contribution is 5.71. The number of fused-ring (bicyclic) bond motifs is 2. The molecule has 0 spiro atoms. The van der Waals surface area contributed by atoms with Gasteiger partial charge in [0, 0.05) is 6.04 Å². The summed E-state index contributed by atoms with van der Waals surface area (Å²) >= 11 is 0. The van der Waals surface area contributed by atoms with Crippen LogP contribution in [0.1, 0.15) is 40.0 Å². The number of nitrogens with one attached hydrogen (secondary N) is 1. The number of carbonyl (C=O) groups is 1. The molecule has 2 bridgehead atoms. The van der Waals surface area contributed by atoms with E-state index in [4.69, 9.17) is 0 Å². The van der Waals surface area contributed by atoms with Gasteiger partial charge in [-0.1, -0.05) is 20.8 Å². The van der Waals surface area contributed by atoms with Gasteiger partial charge in [-0.05, 0) is 36.0 Å². The van der Waals surface area contributed by atoms with Crippen LogP contribution in [-0.2, 0) is 9.53 Å². The van der Waals surface area contributed by atoms with Crippen LogP contribution in [0.4, 0.5) is 0 Å². The fourth-order valence-corrected chi connectivity index (χ4v) is 4.07. The maximum absolute atomic E-state index is 11.2. The van der Waals surface area contributed by atoms with Crippen LogP contribution in [-0.4, -0.2) is 25.7 Å². The van der Waals surface area contributed by atoms with Crippen molar-refractivity contribution in [3.8, 4) is 0 Å². The maximum Gasteiger partial charge on any atom is 0.319 e. The van der Waals surface area contributed by atoms with Crippen molar-refractivity contribution < 1.29 is 9.53 Å². The van der Waals surface area contributed by atoms with Crippen molar-refractivity contribution in [3.05, 3.63) is 0 Å². The van der Waals surface area contributed by atoms with Gasteiger partial charge in [0.25, 0.3) is 0 Å². The average Bonchev–Trinajstić information content (AvgIpc) is 2.68. The van der Waals surface area contributed by atoms with Crippen molar-refractivity contribution in [2.75, 3.05) is 13.7 Å². The number of ether oxygens (including phenoxy) is 1. The Morgan fingerprint density at radius 1 is 1.44 bits per heavy atom. The Morgan fingerprint density at radius 3 is 2.62 bits per heavy atom. The van der Waals surface area contributed by atoms with E-state index in [1.54, 1.807) is 0 Å². The van der Waals surface area contributed by atoms with Crippen molar-refractivity contribution in [2.45, 2.75) is 46.1 Å². The molecule has 2 aliphatic rings. The maximum atomic E-state index is 11.2. The van der Waals surface area contributed by atoms with E-state index in [0.29, 0.717) is 23.4 Å². The SMILES string of the molecule is COC(=O)CNC1C2(C)CCC(C2)C1(C)C. The molecule has 0 aromatic heterocycles. The molecule has 3 atom stereocenters. The lowest BCUT2D eigenvalue weighted by Gasteiger charge is -2.43. The summed E-state index contributed by atoms with van der Waals surface area (Å²) in [5.41, 5.74) is 0.684. The van der Waals surface area contributed by atoms with Gasteiger partial charge >= 0.3 is 5.97 Å². The highest BCUT2D eigenvalue weighted by atomic mass is 16.5. The molecule has 3 nitrogen and oxygen atoms in total. The second-order valence-corrected chi connectivity index (χ2v) is 6.31. The summed E-state index contributed by atoms with van der Waals surface area (Å²) in [5.74, 6) is 0.648. The summed E-state index contributed by atoms with van der Waals surface area (Å²) in [6.07, 6.45) is 3.94. The Bertz CT molecular complexity index is 296. The lowest BCUT2D eigenvalue weighted by Crippen LogP contribution is -2.51. The Kier molecular flexibility index (Phi) is 2.77. The van der Waals surface area contributed by atoms with Crippen LogP contribution < -0.4 is 5.32 Å². The molecule has 0 radical (unpaired) electrons. The van der Waals surface area contributed by atoms with Crippen molar-refractivity contribution in [1.82, 2.24) is 5.32 Å². The zero-order valence-corrected chi connectivity index (χ0v) is 10.8. The Labute approximate surface area is 97.9 Å². The van der Waals surface area contributed by atoms with Crippen molar-refractivity contribution in [1.29, 1.82) is 0 Å². The van der Waals surface area contributed by atoms with Crippen LogP contribution >= 0.6 is 0 Å². The molecule has 2 saturated carbocycles. The highest BCUT2D eigenvalue weighted by Crippen LogP contribution is 2.62. The molecule has 3 heteroatoms. The first-order valence-electron chi connectivity index (χ1n) is 6.20. The van der Waals surface area contributed by atoms with Gasteiger partial charge in [0.1, 0.15) is 0 Å². The van der Waals surface area contributed by atoms with E-state index in [9.17, 15) is 4.79 Å². The number of esters is 1. The van der Waals surface area contributed by atoms with E-state index in [1.165, 1.54) is 26.4 Å². The monoisotopic (exact) mass is 225 g/mol. The summed E-state index contributed by atoms with van der Waals surface area (Å²) in [6, 6.07) is 0.442. The summed E-state index contributed by atoms with van der Waals surface area (Å²) in [7, 11) is 1.44. The Balaban J connectivity index is 2.05. The number of carbonyl (C=O) groups excluding carboxylic acids is 1. The molecule has 1 N–H and O–H groups in total. The van der Waals surface area contributed by atoms with Gasteiger partial charge in [-0.2, -0.15) is 0 Å². The van der Waals surface area contributed by atoms with Crippen LogP contribution in [0.3, 0.4) is 0 Å². The molecule has 0 saturated heterocycles. The second-order valence-electron chi connectivity index (χ2n) is 6.31. The third-order valence-electron chi connectivity index (χ3n) is 4.95. The first kappa shape index (κ1) is 11.9. The molecule has 0 amide bonds. The predicted octanol–water partition coefficient (Wildman–Crippen LogP) is 1.96. The van der Waals surface area contributed by atoms with Gasteiger partial charge in [0.15, 0.2) is 0 Å². The van der Waals surface area contributed by atoms with E-state index in [-0.39, 0.29) is 5.97 Å². The Morgan fingerprint density at radius 2 is 2.12 bits per heavy atom. The number of methoxy groups -OCH3 is 1. The van der Waals surface area contributed by atoms with E-state index >= 15 is 0 Å². The molecular weight excluding hydrogens is 202 g/mol. The molecule has 2 fully saturated rings. The highest BCUT2D eigenvalue weighted by Gasteiger charge is 2.58. The number of hydrogen-bond acceptors (Lipinski definition) is 3. The average molecular weight is 225 g/mol. The van der Waals surface area contributed by atoms with Crippen molar-refractivity contribution in [2.24, 2.45) is 16.7 Å². The quantitative estimate of drug-likeness (QED) is 0.746. The molecule has 0 aromatic rings. The molecule has 16 heavy (non-hydrogen) atoms. The first-order chi connectivity index (χ1) is 7.40. The molecule has 0 aliphatic heterocycles. The van der Waals surface area contributed by atoms with E-state index in [1.807, 2.05) is 0 Å². The molecule has 2 rings (SSSR count). The summed E-state index contributed by atoms with van der Waals surface area (Å²) < 4.78 is 4.69. The van der Waals surface area contributed by atoms with Crippen molar-refractivity contribution in [3.63, 3.8) is 0 Å². The zero-order chi connectivity index (χ0) is 12.0. The van der Waals surface area contributed by atoms with Crippen molar-refractivity contribution >= 4 is 5.97 Å². The van der Waals surface area contributed by atoms with Gasteiger partial charge < -0.3 is 10.1 Å². The molecule has 2 aliphatic carbocycles. The van der Waals surface area contributed by atoms with Crippen LogP contribution in [0.2, 0.25) is 0 Å². The first-order valence-corrected chi connectivity index (χ1v) is 6.20. The molecule has 3 unspecified atom stereocenters. The standard InChI is InChI=1S/C13H23NO2/c1-12(2)9-5-6-13(3,7-9)11(12)14-8-10(15)16-4/h9,11,14H,5-8H2,1-4H3. The topological polar surface area (TPSA) is 38.3 Å². The summed E-state index contributed by atoms with van der Waals surface area (Å²) in [6.45, 7) is 7.36. The molecule has 92 valence electrons. The molecule has 0 aromatic carbocycles. The van der Waals surface area contributed by atoms with Crippen LogP contribution in [0.25, 0.3) is 0 Å².